The van der Waals surface area contributed by atoms with Crippen molar-refractivity contribution in [3.8, 4) is 28.4 Å². The second-order valence-corrected chi connectivity index (χ2v) is 17.8. The molecule has 346 valence electrons. The molecule has 2 saturated carbocycles. The molecule has 6 unspecified atom stereocenters. The van der Waals surface area contributed by atoms with Crippen molar-refractivity contribution in [2.75, 3.05) is 52.8 Å². The Labute approximate surface area is 380 Å². The maximum absolute atomic E-state index is 14.9. The van der Waals surface area contributed by atoms with Gasteiger partial charge in [-0.05, 0) is 104 Å². The van der Waals surface area contributed by atoms with Crippen molar-refractivity contribution in [1.82, 2.24) is 4.90 Å². The van der Waals surface area contributed by atoms with E-state index in [1.165, 1.54) is 12.8 Å². The zero-order valence-corrected chi connectivity index (χ0v) is 37.8. The first-order valence-electron chi connectivity index (χ1n) is 24.0. The number of carbonyl (C=O) groups is 1. The van der Waals surface area contributed by atoms with Gasteiger partial charge < -0.3 is 44.0 Å². The topological polar surface area (TPSA) is 140 Å². The predicted octanol–water partition coefficient (Wildman–Crippen LogP) is 9.61. The van der Waals surface area contributed by atoms with Crippen LogP contribution in [-0.4, -0.2) is 96.5 Å². The van der Waals surface area contributed by atoms with Gasteiger partial charge in [-0.25, -0.2) is 0 Å². The summed E-state index contributed by atoms with van der Waals surface area (Å²) in [5.41, 5.74) is 4.99. The molecule has 6 atom stereocenters. The Morgan fingerprint density at radius 2 is 1.62 bits per heavy atom. The minimum atomic E-state index is -1.36. The van der Waals surface area contributed by atoms with E-state index < -0.39 is 17.7 Å². The normalized spacial score (nSPS) is 24.3. The van der Waals surface area contributed by atoms with Gasteiger partial charge in [-0.15, -0.1) is 6.58 Å². The number of hydrogen-bond acceptors (Lipinski definition) is 10. The minimum absolute atomic E-state index is 0.0134. The highest BCUT2D eigenvalue weighted by Gasteiger charge is 2.65. The van der Waals surface area contributed by atoms with Crippen molar-refractivity contribution in [3.63, 3.8) is 0 Å². The third-order valence-electron chi connectivity index (χ3n) is 13.8. The zero-order valence-electron chi connectivity index (χ0n) is 37.8. The Kier molecular flexibility index (Phi) is 17.5. The highest BCUT2D eigenvalue weighted by molar-refractivity contribution is 6.03. The molecule has 11 nitrogen and oxygen atoms in total. The molecule has 0 aromatic heterocycles. The average Bonchev–Trinajstić information content (AvgIpc) is 3.85. The third-order valence-corrected chi connectivity index (χ3v) is 13.8. The highest BCUT2D eigenvalue weighted by atomic mass is 16.7. The molecule has 0 bridgehead atoms. The molecule has 4 aliphatic rings. The Bertz CT molecular complexity index is 2000. The lowest BCUT2D eigenvalue weighted by Crippen LogP contribution is -2.70. The molecule has 3 aromatic carbocycles. The number of rotatable bonds is 25. The molecule has 0 saturated heterocycles. The molecule has 2 fully saturated rings. The first-order valence-corrected chi connectivity index (χ1v) is 24.0. The number of unbranched alkanes of at least 4 members (excludes halogenated alkanes) is 2. The average molecular weight is 879 g/mol. The minimum Gasteiger partial charge on any atom is -0.459 e. The van der Waals surface area contributed by atoms with Crippen molar-refractivity contribution in [2.45, 2.75) is 108 Å². The van der Waals surface area contributed by atoms with E-state index in [-0.39, 0.29) is 69.8 Å². The number of allylic oxidation sites excluding steroid dienone is 1. The van der Waals surface area contributed by atoms with E-state index in [1.54, 1.807) is 6.08 Å². The number of nitrogens with zero attached hydrogens (tertiary/aromatic N) is 2. The maximum Gasteiger partial charge on any atom is 0.239 e. The van der Waals surface area contributed by atoms with Crippen LogP contribution in [0, 0.1) is 23.7 Å². The van der Waals surface area contributed by atoms with Crippen LogP contribution >= 0.6 is 0 Å². The third kappa shape index (κ3) is 11.1. The van der Waals surface area contributed by atoms with Crippen LogP contribution in [-0.2, 0) is 19.1 Å². The maximum atomic E-state index is 14.9. The number of aliphatic hydroxyl groups excluding tert-OH is 3. The summed E-state index contributed by atoms with van der Waals surface area (Å²) in [6, 6.07) is 23.8. The van der Waals surface area contributed by atoms with Crippen molar-refractivity contribution >= 4 is 11.6 Å². The number of benzene rings is 3. The van der Waals surface area contributed by atoms with Crippen LogP contribution in [0.2, 0.25) is 0 Å². The lowest BCUT2D eigenvalue weighted by Gasteiger charge is -2.60. The zero-order chi connectivity index (χ0) is 44.7. The van der Waals surface area contributed by atoms with Gasteiger partial charge in [0.15, 0.2) is 0 Å². The van der Waals surface area contributed by atoms with Crippen LogP contribution in [0.4, 0.5) is 0 Å². The summed E-state index contributed by atoms with van der Waals surface area (Å²) in [6.45, 7) is 7.34. The van der Waals surface area contributed by atoms with Crippen LogP contribution in [0.25, 0.3) is 11.1 Å². The van der Waals surface area contributed by atoms with E-state index in [1.807, 2.05) is 54.3 Å². The standard InChI is InChI=1S/C53H70N2O9/c1-3-32-61-53-49(55(28-33-60-34-31-58)50(59)27-20-38-14-8-9-15-38)37-47(54-62-4-2)45-35-41(18-10-12-29-56)44(19-11-13-30-57)51(52(45)53)46-36-43(25-26-48(46)64-53)63-42-23-21-40(22-24-42)39-16-6-5-7-17-39/h3,5-7,16-17,21-26,35-36,38,41,44,49,51-52,56-58H,1,4,8-15,18-20,27-34,37H2,2H3. The summed E-state index contributed by atoms with van der Waals surface area (Å²) in [5, 5.41) is 34.4. The molecule has 7 rings (SSSR count). The Balaban J connectivity index is 1.37. The van der Waals surface area contributed by atoms with Crippen LogP contribution in [0.5, 0.6) is 17.2 Å². The summed E-state index contributed by atoms with van der Waals surface area (Å²) in [6.07, 6.45) is 15.1. The van der Waals surface area contributed by atoms with E-state index in [4.69, 9.17) is 28.9 Å². The molecular weight excluding hydrogens is 809 g/mol. The fourth-order valence-electron chi connectivity index (χ4n) is 10.9. The van der Waals surface area contributed by atoms with Crippen LogP contribution < -0.4 is 9.47 Å². The fraction of sp³-hybridized carbons (Fsp3) is 0.547. The highest BCUT2D eigenvalue weighted by Crippen LogP contribution is 2.62. The lowest BCUT2D eigenvalue weighted by atomic mass is 9.55. The van der Waals surface area contributed by atoms with E-state index in [0.717, 1.165) is 72.9 Å². The summed E-state index contributed by atoms with van der Waals surface area (Å²) in [4.78, 5) is 22.7. The van der Waals surface area contributed by atoms with Crippen molar-refractivity contribution in [3.05, 3.63) is 103 Å². The Hall–Kier alpha value is -4.52. The number of hydrogen-bond donors (Lipinski definition) is 3. The number of oxime groups is 1. The van der Waals surface area contributed by atoms with Gasteiger partial charge in [-0.3, -0.25) is 4.79 Å². The van der Waals surface area contributed by atoms with Crippen LogP contribution in [0.1, 0.15) is 102 Å². The smallest absolute Gasteiger partial charge is 0.239 e. The van der Waals surface area contributed by atoms with Crippen molar-refractivity contribution in [1.29, 1.82) is 0 Å². The molecule has 3 aliphatic carbocycles. The number of carbonyl (C=O) groups excluding carboxylic acids is 1. The molecule has 1 aliphatic heterocycles. The van der Waals surface area contributed by atoms with E-state index >= 15 is 0 Å². The second-order valence-electron chi connectivity index (χ2n) is 17.8. The van der Waals surface area contributed by atoms with Gasteiger partial charge in [0.1, 0.15) is 29.9 Å². The molecule has 64 heavy (non-hydrogen) atoms. The first-order chi connectivity index (χ1) is 31.4. The summed E-state index contributed by atoms with van der Waals surface area (Å²) in [5.74, 6) is 0.842. The van der Waals surface area contributed by atoms with Gasteiger partial charge >= 0.3 is 0 Å². The fourth-order valence-corrected chi connectivity index (χ4v) is 10.9. The van der Waals surface area contributed by atoms with Gasteiger partial charge in [0.25, 0.3) is 0 Å². The van der Waals surface area contributed by atoms with E-state index in [9.17, 15) is 20.1 Å². The Morgan fingerprint density at radius 1 is 0.891 bits per heavy atom. The molecule has 1 heterocycles. The molecule has 0 radical (unpaired) electrons. The predicted molar refractivity (Wildman–Crippen MR) is 249 cm³/mol. The number of ether oxygens (including phenoxy) is 4. The van der Waals surface area contributed by atoms with Gasteiger partial charge in [0.2, 0.25) is 11.7 Å². The van der Waals surface area contributed by atoms with Gasteiger partial charge in [-0.1, -0.05) is 98.3 Å². The van der Waals surface area contributed by atoms with Crippen LogP contribution in [0.15, 0.2) is 102 Å². The number of amides is 1. The van der Waals surface area contributed by atoms with E-state index in [0.29, 0.717) is 55.5 Å². The molecule has 3 aromatic rings. The SMILES string of the molecule is C=CCOC12Oc3ccc(Oc4ccc(-c5ccccc5)cc4)cc3C3C(CCCCO)C(CCCCO)C=C(C(=NOCC)CC1N(CCOCCO)C(=O)CCC1CCCC1)C32. The summed E-state index contributed by atoms with van der Waals surface area (Å²) in [7, 11) is 0. The number of aliphatic hydroxyl groups is 3. The summed E-state index contributed by atoms with van der Waals surface area (Å²) < 4.78 is 27.1. The van der Waals surface area contributed by atoms with Gasteiger partial charge in [0, 0.05) is 44.1 Å². The monoisotopic (exact) mass is 879 g/mol. The lowest BCUT2D eigenvalue weighted by molar-refractivity contribution is -0.258. The first kappa shape index (κ1) is 47.4. The quantitative estimate of drug-likeness (QED) is 0.0432. The van der Waals surface area contributed by atoms with Crippen LogP contribution in [0.3, 0.4) is 0 Å². The molecular formula is C53H70N2O9. The summed E-state index contributed by atoms with van der Waals surface area (Å²) >= 11 is 0. The van der Waals surface area contributed by atoms with Gasteiger partial charge in [-0.2, -0.15) is 0 Å². The molecule has 1 amide bonds. The molecule has 3 N–H and O–H groups in total. The van der Waals surface area contributed by atoms with Crippen molar-refractivity contribution in [2.24, 2.45) is 28.8 Å². The Morgan fingerprint density at radius 3 is 2.34 bits per heavy atom. The molecule has 11 heteroatoms. The molecule has 0 spiro atoms. The van der Waals surface area contributed by atoms with Gasteiger partial charge in [0.05, 0.1) is 38.1 Å². The largest absolute Gasteiger partial charge is 0.459 e. The van der Waals surface area contributed by atoms with E-state index in [2.05, 4.69) is 43.0 Å². The van der Waals surface area contributed by atoms with Crippen molar-refractivity contribution < 1.29 is 43.9 Å². The number of fused-ring (bicyclic) bond motifs is 2. The second kappa shape index (κ2) is 23.6.